The maximum atomic E-state index is 2.61. The van der Waals surface area contributed by atoms with E-state index in [0.29, 0.717) is 0 Å². The van der Waals surface area contributed by atoms with Crippen molar-refractivity contribution in [3.63, 3.8) is 0 Å². The highest BCUT2D eigenvalue weighted by Gasteiger charge is 2.69. The van der Waals surface area contributed by atoms with Crippen LogP contribution in [0.15, 0.2) is 97.2 Å². The van der Waals surface area contributed by atoms with E-state index in [-0.39, 0.29) is 0 Å². The molecule has 0 spiro atoms. The smallest absolute Gasteiger partial charge is 0.0193 e. The highest BCUT2D eigenvalue weighted by molar-refractivity contribution is 5.25. The van der Waals surface area contributed by atoms with Gasteiger partial charge in [0.2, 0.25) is 0 Å². The topological polar surface area (TPSA) is 0 Å². The van der Waals surface area contributed by atoms with Crippen LogP contribution in [0.1, 0.15) is 150 Å². The van der Waals surface area contributed by atoms with Crippen molar-refractivity contribution in [2.24, 2.45) is 189 Å². The lowest BCUT2D eigenvalue weighted by atomic mass is 9.61. The first kappa shape index (κ1) is 46.2. The zero-order valence-electron chi connectivity index (χ0n) is 45.1. The molecular formula is C71H98. The van der Waals surface area contributed by atoms with Gasteiger partial charge in [-0.25, -0.2) is 0 Å². The molecule has 20 aliphatic rings. The van der Waals surface area contributed by atoms with Gasteiger partial charge in [0, 0.05) is 0 Å². The zero-order valence-corrected chi connectivity index (χ0v) is 45.1. The Bertz CT molecular complexity index is 2150. The summed E-state index contributed by atoms with van der Waals surface area (Å²) in [7, 11) is 0. The molecule has 71 heavy (non-hydrogen) atoms. The predicted molar refractivity (Wildman–Crippen MR) is 295 cm³/mol. The van der Waals surface area contributed by atoms with Gasteiger partial charge in [-0.3, -0.25) is 0 Å². The van der Waals surface area contributed by atoms with Crippen LogP contribution in [0.25, 0.3) is 0 Å². The largest absolute Gasteiger partial charge is 0.0885 e. The van der Waals surface area contributed by atoms with Gasteiger partial charge in [0.05, 0.1) is 0 Å². The monoisotopic (exact) mass is 951 g/mol. The van der Waals surface area contributed by atoms with Gasteiger partial charge in [0.15, 0.2) is 0 Å². The Labute approximate surface area is 434 Å². The van der Waals surface area contributed by atoms with E-state index in [1.165, 1.54) is 113 Å². The van der Waals surface area contributed by atoms with E-state index < -0.39 is 0 Å². The molecule has 12 saturated carbocycles. The molecule has 20 aliphatic carbocycles. The van der Waals surface area contributed by atoms with Gasteiger partial charge < -0.3 is 0 Å². The predicted octanol–water partition coefficient (Wildman–Crippen LogP) is 17.8. The van der Waals surface area contributed by atoms with Crippen molar-refractivity contribution >= 4 is 0 Å². The third-order valence-corrected chi connectivity index (χ3v) is 27.7. The van der Waals surface area contributed by atoms with E-state index in [1.807, 2.05) is 0 Å². The Morgan fingerprint density at radius 2 is 0.746 bits per heavy atom. The summed E-state index contributed by atoms with van der Waals surface area (Å²) in [5.74, 6) is 33.8. The van der Waals surface area contributed by atoms with Crippen LogP contribution in [0, 0.1) is 189 Å². The lowest BCUT2D eigenvalue weighted by molar-refractivity contribution is 0.0505. The molecule has 0 N–H and O–H groups in total. The van der Waals surface area contributed by atoms with Crippen LogP contribution in [-0.2, 0) is 0 Å². The minimum atomic E-state index is 0.935. The molecule has 0 aliphatic heterocycles. The Balaban J connectivity index is 0.0000000777. The number of hydrogen-bond donors (Lipinski definition) is 0. The van der Waals surface area contributed by atoms with Gasteiger partial charge in [0.1, 0.15) is 0 Å². The van der Waals surface area contributed by atoms with Crippen LogP contribution in [0.5, 0.6) is 0 Å². The van der Waals surface area contributed by atoms with Gasteiger partial charge in [-0.05, 0) is 311 Å². The lowest BCUT2D eigenvalue weighted by Crippen LogP contribution is -2.39. The summed E-state index contributed by atoms with van der Waals surface area (Å²) in [4.78, 5) is 0. The summed E-state index contributed by atoms with van der Waals surface area (Å²) in [6.45, 7) is 9.64. The van der Waals surface area contributed by atoms with Crippen molar-refractivity contribution in [2.45, 2.75) is 150 Å². The number of hydrogen-bond acceptors (Lipinski definition) is 0. The first-order chi connectivity index (χ1) is 34.8. The summed E-state index contributed by atoms with van der Waals surface area (Å²) in [6.07, 6.45) is 67.8. The normalized spacial score (nSPS) is 58.9. The third-order valence-electron chi connectivity index (χ3n) is 27.7. The first-order valence-electron chi connectivity index (χ1n) is 32.2. The molecule has 382 valence electrons. The molecule has 0 saturated heterocycles. The van der Waals surface area contributed by atoms with Crippen LogP contribution in [0.4, 0.5) is 0 Å². The van der Waals surface area contributed by atoms with Gasteiger partial charge >= 0.3 is 0 Å². The van der Waals surface area contributed by atoms with E-state index in [1.54, 1.807) is 44.9 Å². The van der Waals surface area contributed by atoms with Crippen LogP contribution >= 0.6 is 0 Å². The highest BCUT2D eigenvalue weighted by Crippen LogP contribution is 2.76. The molecule has 32 atom stereocenters. The molecule has 12 fully saturated rings. The van der Waals surface area contributed by atoms with Crippen molar-refractivity contribution in [2.75, 3.05) is 0 Å². The molecule has 0 aromatic carbocycles. The molecular weight excluding hydrogens is 853 g/mol. The molecule has 32 unspecified atom stereocenters. The first-order valence-corrected chi connectivity index (χ1v) is 32.2. The van der Waals surface area contributed by atoms with Crippen molar-refractivity contribution in [1.29, 1.82) is 0 Å². The quantitative estimate of drug-likeness (QED) is 0.181. The average Bonchev–Trinajstić information content (AvgIpc) is 4.23. The van der Waals surface area contributed by atoms with Crippen LogP contribution < -0.4 is 0 Å². The fraction of sp³-hybridized carbons (Fsp3) is 0.775. The Morgan fingerprint density at radius 1 is 0.254 bits per heavy atom. The highest BCUT2D eigenvalue weighted by atomic mass is 14.7. The molecule has 0 heteroatoms. The van der Waals surface area contributed by atoms with Gasteiger partial charge in [-0.15, -0.1) is 0 Å². The number of rotatable bonds is 1. The van der Waals surface area contributed by atoms with Crippen LogP contribution in [-0.4, -0.2) is 0 Å². The summed E-state index contributed by atoms with van der Waals surface area (Å²) >= 11 is 0. The van der Waals surface area contributed by atoms with Crippen molar-refractivity contribution in [3.8, 4) is 0 Å². The standard InChI is InChI=1S/C17H22.2C13H18.C11H14.C9H14.C8H12/c1-2-9-5-8(1)14-12-7-13(15(9)14)17-11-4-3-10(6-11)16(12)17;1-7-4-10-6-11(7)13-9-3-2-8(5-9)12(10)13;1-2-4-11(5-3-1)13-9-10-6-7-12(13)8-10;1-2-4-11-9-6-5-8(7-9)10(11)3-1;1-6-7(2)9-4-3-8(6)5-9;1-6-4-7-2-3-8(6)5-7/h1-2,8-17H,3-7H2;2-3,7-13H,4-6H2,1H3;1-2,6-7,10-13H,3-5,8-9H2;1-2,5-6,8-11H,3-4,7H2;3-4,6-9H,5H2,1-2H3;2-3,6-8H,4-5H2,1H3. The molecule has 0 amide bonds. The van der Waals surface area contributed by atoms with Crippen LogP contribution in [0.3, 0.4) is 0 Å². The van der Waals surface area contributed by atoms with E-state index >= 15 is 0 Å². The molecule has 0 aromatic rings. The Hall–Kier alpha value is -2.08. The van der Waals surface area contributed by atoms with Crippen molar-refractivity contribution in [1.82, 2.24) is 0 Å². The fourth-order valence-electron chi connectivity index (χ4n) is 24.7. The minimum absolute atomic E-state index is 0.935. The Kier molecular flexibility index (Phi) is 11.9. The molecule has 20 rings (SSSR count). The fourth-order valence-corrected chi connectivity index (χ4v) is 24.7. The van der Waals surface area contributed by atoms with E-state index in [4.69, 9.17) is 0 Å². The van der Waals surface area contributed by atoms with E-state index in [0.717, 1.165) is 154 Å². The van der Waals surface area contributed by atoms with Gasteiger partial charge in [0.25, 0.3) is 0 Å². The van der Waals surface area contributed by atoms with E-state index in [2.05, 4.69) is 125 Å². The minimum Gasteiger partial charge on any atom is -0.0885 e. The van der Waals surface area contributed by atoms with E-state index in [9.17, 15) is 0 Å². The summed E-state index contributed by atoms with van der Waals surface area (Å²) in [6, 6.07) is 0. The second kappa shape index (κ2) is 18.3. The number of allylic oxidation sites excluding steroid dienone is 16. The van der Waals surface area contributed by atoms with Gasteiger partial charge in [-0.2, -0.15) is 0 Å². The second-order valence-electron chi connectivity index (χ2n) is 30.3. The van der Waals surface area contributed by atoms with Crippen molar-refractivity contribution < 1.29 is 0 Å². The SMILES string of the molecule is C1=CC2CC1C1C3CC(C21)C1C2CCC(C2)C31.C1=CCC(C2CC3C=CC2C3)CC1.C1=CCC2C3C=CC(C3)C2C1.CC1C2C=CC(C2)C1C.CC1CC2C=CC1C2.CC1CC2CC1C1C3C=CC(C3)C21. The molecule has 0 radical (unpaired) electrons. The molecule has 0 nitrogen and oxygen atoms in total. The molecule has 18 bridgehead atoms. The maximum absolute atomic E-state index is 2.61. The Morgan fingerprint density at radius 3 is 1.24 bits per heavy atom. The maximum Gasteiger partial charge on any atom is -0.0193 e. The summed E-state index contributed by atoms with van der Waals surface area (Å²) in [5, 5.41) is 0. The number of fused-ring (bicyclic) bond motifs is 36. The summed E-state index contributed by atoms with van der Waals surface area (Å²) in [5.41, 5.74) is 0. The lowest BCUT2D eigenvalue weighted by Gasteiger charge is -2.44. The second-order valence-corrected chi connectivity index (χ2v) is 30.3. The average molecular weight is 952 g/mol. The summed E-state index contributed by atoms with van der Waals surface area (Å²) < 4.78 is 0. The van der Waals surface area contributed by atoms with Gasteiger partial charge in [-0.1, -0.05) is 125 Å². The zero-order chi connectivity index (χ0) is 47.2. The third kappa shape index (κ3) is 7.69. The molecule has 0 heterocycles. The van der Waals surface area contributed by atoms with Crippen LogP contribution in [0.2, 0.25) is 0 Å². The molecule has 0 aromatic heterocycles. The van der Waals surface area contributed by atoms with Crippen molar-refractivity contribution in [3.05, 3.63) is 97.2 Å².